The van der Waals surface area contributed by atoms with Gasteiger partial charge in [-0.3, -0.25) is 9.59 Å². The molecule has 0 fully saturated rings. The number of hydrogen-bond donors (Lipinski definition) is 1. The highest BCUT2D eigenvalue weighted by atomic mass is 16.2. The summed E-state index contributed by atoms with van der Waals surface area (Å²) < 4.78 is 0. The fourth-order valence-corrected chi connectivity index (χ4v) is 2.50. The molecule has 126 valence electrons. The van der Waals surface area contributed by atoms with Gasteiger partial charge in [-0.1, -0.05) is 55.5 Å². The molecule has 0 bridgehead atoms. The smallest absolute Gasteiger partial charge is 0.251 e. The Morgan fingerprint density at radius 1 is 0.958 bits per heavy atom. The number of benzene rings is 2. The molecule has 1 N–H and O–H groups in total. The number of rotatable bonds is 8. The van der Waals surface area contributed by atoms with Gasteiger partial charge in [0, 0.05) is 31.6 Å². The van der Waals surface area contributed by atoms with E-state index in [1.54, 1.807) is 12.1 Å². The largest absolute Gasteiger partial charge is 0.352 e. The lowest BCUT2D eigenvalue weighted by molar-refractivity contribution is -0.131. The van der Waals surface area contributed by atoms with E-state index >= 15 is 0 Å². The summed E-state index contributed by atoms with van der Waals surface area (Å²) in [5, 5.41) is 2.80. The maximum absolute atomic E-state index is 12.4. The minimum Gasteiger partial charge on any atom is -0.352 e. The Balaban J connectivity index is 1.83. The van der Waals surface area contributed by atoms with E-state index in [2.05, 4.69) is 12.2 Å². The summed E-state index contributed by atoms with van der Waals surface area (Å²) >= 11 is 0. The van der Waals surface area contributed by atoms with Crippen molar-refractivity contribution in [3.05, 3.63) is 71.8 Å². The minimum absolute atomic E-state index is 0.0639. The Morgan fingerprint density at radius 2 is 1.58 bits per heavy atom. The van der Waals surface area contributed by atoms with Crippen molar-refractivity contribution in [2.45, 2.75) is 26.3 Å². The molecule has 2 aromatic rings. The number of nitrogens with zero attached hydrogens (tertiary/aromatic N) is 1. The molecule has 2 rings (SSSR count). The summed E-state index contributed by atoms with van der Waals surface area (Å²) in [5.41, 5.74) is 1.73. The summed E-state index contributed by atoms with van der Waals surface area (Å²) in [6.45, 7) is 3.74. The van der Waals surface area contributed by atoms with Crippen LogP contribution in [0.15, 0.2) is 60.7 Å². The van der Waals surface area contributed by atoms with Gasteiger partial charge in [-0.05, 0) is 24.1 Å². The monoisotopic (exact) mass is 324 g/mol. The van der Waals surface area contributed by atoms with Gasteiger partial charge in [0.15, 0.2) is 0 Å². The first kappa shape index (κ1) is 17.7. The summed E-state index contributed by atoms with van der Waals surface area (Å²) in [7, 11) is 0. The second kappa shape index (κ2) is 9.50. The van der Waals surface area contributed by atoms with Gasteiger partial charge in [0.1, 0.15) is 0 Å². The quantitative estimate of drug-likeness (QED) is 0.810. The average Bonchev–Trinajstić information content (AvgIpc) is 2.62. The van der Waals surface area contributed by atoms with Crippen LogP contribution in [-0.4, -0.2) is 29.8 Å². The minimum atomic E-state index is -0.145. The van der Waals surface area contributed by atoms with Crippen LogP contribution in [0.5, 0.6) is 0 Å². The third-order valence-corrected chi connectivity index (χ3v) is 3.72. The lowest BCUT2D eigenvalue weighted by Crippen LogP contribution is -2.34. The number of carbonyl (C=O) groups excluding carboxylic acids is 2. The predicted octanol–water partition coefficient (Wildman–Crippen LogP) is 3.25. The van der Waals surface area contributed by atoms with Crippen molar-refractivity contribution in [2.24, 2.45) is 0 Å². The van der Waals surface area contributed by atoms with E-state index in [1.807, 2.05) is 53.4 Å². The summed E-state index contributed by atoms with van der Waals surface area (Å²) in [5.74, 6) is -0.0810. The topological polar surface area (TPSA) is 49.4 Å². The molecule has 0 saturated carbocycles. The Labute approximate surface area is 143 Å². The molecule has 0 heterocycles. The van der Waals surface area contributed by atoms with Crippen molar-refractivity contribution >= 4 is 11.8 Å². The van der Waals surface area contributed by atoms with E-state index in [-0.39, 0.29) is 11.8 Å². The van der Waals surface area contributed by atoms with Crippen molar-refractivity contribution in [1.29, 1.82) is 0 Å². The predicted molar refractivity (Wildman–Crippen MR) is 95.5 cm³/mol. The van der Waals surface area contributed by atoms with Crippen LogP contribution in [-0.2, 0) is 11.3 Å². The van der Waals surface area contributed by atoms with Gasteiger partial charge in [0.25, 0.3) is 5.91 Å². The van der Waals surface area contributed by atoms with Crippen molar-refractivity contribution < 1.29 is 9.59 Å². The van der Waals surface area contributed by atoms with E-state index < -0.39 is 0 Å². The highest BCUT2D eigenvalue weighted by molar-refractivity contribution is 5.94. The van der Waals surface area contributed by atoms with Gasteiger partial charge in [0.05, 0.1) is 0 Å². The van der Waals surface area contributed by atoms with Crippen molar-refractivity contribution in [2.75, 3.05) is 13.1 Å². The highest BCUT2D eigenvalue weighted by Crippen LogP contribution is 2.07. The van der Waals surface area contributed by atoms with E-state index in [0.717, 1.165) is 18.5 Å². The number of hydrogen-bond acceptors (Lipinski definition) is 2. The zero-order valence-electron chi connectivity index (χ0n) is 14.1. The molecule has 0 aliphatic heterocycles. The molecule has 4 nitrogen and oxygen atoms in total. The summed E-state index contributed by atoms with van der Waals surface area (Å²) in [6, 6.07) is 19.0. The van der Waals surface area contributed by atoms with Crippen LogP contribution < -0.4 is 5.32 Å². The lowest BCUT2D eigenvalue weighted by Gasteiger charge is -2.22. The molecule has 0 aliphatic carbocycles. The molecule has 0 aliphatic rings. The standard InChI is InChI=1S/C20H24N2O2/c1-2-15-22(16-17-9-5-3-6-10-17)19(23)13-14-21-20(24)18-11-7-4-8-12-18/h3-12H,2,13-16H2,1H3,(H,21,24). The molecule has 0 radical (unpaired) electrons. The van der Waals surface area contributed by atoms with Crippen molar-refractivity contribution in [3.63, 3.8) is 0 Å². The molecule has 0 spiro atoms. The highest BCUT2D eigenvalue weighted by Gasteiger charge is 2.13. The van der Waals surface area contributed by atoms with Gasteiger partial charge in [0.2, 0.25) is 5.91 Å². The maximum Gasteiger partial charge on any atom is 0.251 e. The fraction of sp³-hybridized carbons (Fsp3) is 0.300. The van der Waals surface area contributed by atoms with Crippen LogP contribution in [0.2, 0.25) is 0 Å². The van der Waals surface area contributed by atoms with Gasteiger partial charge in [-0.15, -0.1) is 0 Å². The molecule has 0 unspecified atom stereocenters. The summed E-state index contributed by atoms with van der Waals surface area (Å²) in [6.07, 6.45) is 1.22. The third kappa shape index (κ3) is 5.54. The van der Waals surface area contributed by atoms with Gasteiger partial charge in [-0.2, -0.15) is 0 Å². The second-order valence-electron chi connectivity index (χ2n) is 5.67. The Hall–Kier alpha value is -2.62. The zero-order valence-corrected chi connectivity index (χ0v) is 14.1. The van der Waals surface area contributed by atoms with Crippen LogP contribution in [0.25, 0.3) is 0 Å². The lowest BCUT2D eigenvalue weighted by atomic mass is 10.2. The molecule has 2 aromatic carbocycles. The van der Waals surface area contributed by atoms with E-state index in [1.165, 1.54) is 0 Å². The normalized spacial score (nSPS) is 10.2. The maximum atomic E-state index is 12.4. The summed E-state index contributed by atoms with van der Waals surface area (Å²) in [4.78, 5) is 26.3. The van der Waals surface area contributed by atoms with E-state index in [9.17, 15) is 9.59 Å². The van der Waals surface area contributed by atoms with E-state index in [4.69, 9.17) is 0 Å². The van der Waals surface area contributed by atoms with Crippen molar-refractivity contribution in [1.82, 2.24) is 10.2 Å². The molecule has 0 atom stereocenters. The molecule has 0 saturated heterocycles. The van der Waals surface area contributed by atoms with Gasteiger partial charge >= 0.3 is 0 Å². The second-order valence-corrected chi connectivity index (χ2v) is 5.67. The first-order chi connectivity index (χ1) is 11.7. The van der Waals surface area contributed by atoms with Crippen LogP contribution >= 0.6 is 0 Å². The van der Waals surface area contributed by atoms with Crippen LogP contribution in [0, 0.1) is 0 Å². The molecule has 24 heavy (non-hydrogen) atoms. The van der Waals surface area contributed by atoms with Gasteiger partial charge < -0.3 is 10.2 Å². The zero-order chi connectivity index (χ0) is 17.2. The SMILES string of the molecule is CCCN(Cc1ccccc1)C(=O)CCNC(=O)c1ccccc1. The Kier molecular flexibility index (Phi) is 7.02. The average molecular weight is 324 g/mol. The molecule has 2 amide bonds. The Bertz CT molecular complexity index is 641. The van der Waals surface area contributed by atoms with E-state index in [0.29, 0.717) is 25.1 Å². The molecule has 0 aromatic heterocycles. The number of nitrogens with one attached hydrogen (secondary N) is 1. The molecular formula is C20H24N2O2. The third-order valence-electron chi connectivity index (χ3n) is 3.72. The number of carbonyl (C=O) groups is 2. The van der Waals surface area contributed by atoms with Crippen LogP contribution in [0.4, 0.5) is 0 Å². The number of amides is 2. The molecule has 4 heteroatoms. The first-order valence-electron chi connectivity index (χ1n) is 8.35. The molecular weight excluding hydrogens is 300 g/mol. The van der Waals surface area contributed by atoms with Crippen LogP contribution in [0.1, 0.15) is 35.7 Å². The fourth-order valence-electron chi connectivity index (χ4n) is 2.50. The van der Waals surface area contributed by atoms with Crippen LogP contribution in [0.3, 0.4) is 0 Å². The first-order valence-corrected chi connectivity index (χ1v) is 8.35. The van der Waals surface area contributed by atoms with Crippen molar-refractivity contribution in [3.8, 4) is 0 Å². The Morgan fingerprint density at radius 3 is 2.21 bits per heavy atom. The van der Waals surface area contributed by atoms with Gasteiger partial charge in [-0.25, -0.2) is 0 Å².